The molecule has 2 fully saturated rings. The second-order valence-electron chi connectivity index (χ2n) is 9.33. The maximum Gasteiger partial charge on any atom is 0.227 e. The number of likely N-dealkylation sites (N-methyl/N-ethyl adjacent to an activating group) is 1. The Labute approximate surface area is 196 Å². The molecule has 33 heavy (non-hydrogen) atoms. The summed E-state index contributed by atoms with van der Waals surface area (Å²) in [6.07, 6.45) is 6.36. The lowest BCUT2D eigenvalue weighted by molar-refractivity contribution is 0.228. The highest BCUT2D eigenvalue weighted by Crippen LogP contribution is 2.32. The van der Waals surface area contributed by atoms with Gasteiger partial charge in [-0.05, 0) is 62.2 Å². The fraction of sp³-hybridized carbons (Fsp3) is 0.407. The van der Waals surface area contributed by atoms with Crippen molar-refractivity contribution in [3.05, 3.63) is 66.9 Å². The van der Waals surface area contributed by atoms with Gasteiger partial charge in [-0.25, -0.2) is 9.97 Å². The van der Waals surface area contributed by atoms with Crippen molar-refractivity contribution in [2.24, 2.45) is 0 Å². The summed E-state index contributed by atoms with van der Waals surface area (Å²) in [7, 11) is 2.19. The van der Waals surface area contributed by atoms with E-state index in [0.717, 1.165) is 62.4 Å². The lowest BCUT2D eigenvalue weighted by Crippen LogP contribution is -2.44. The van der Waals surface area contributed by atoms with Crippen molar-refractivity contribution in [1.29, 1.82) is 0 Å². The van der Waals surface area contributed by atoms with Crippen molar-refractivity contribution in [3.8, 4) is 0 Å². The van der Waals surface area contributed by atoms with Crippen LogP contribution < -0.4 is 10.2 Å². The Bertz CT molecular complexity index is 1090. The van der Waals surface area contributed by atoms with Crippen LogP contribution in [0.1, 0.15) is 24.3 Å². The standard InChI is InChI=1S/C27H34N6/c1-3-13-32-14-5-7-22(20-32)25-8-4-6-21-19-28-27(30-26(21)25)29-23-9-11-24(12-10-23)33-17-15-31(2)16-18-33/h3-4,6,8-12,19,22H,1,5,7,13-18,20H2,2H3,(H,28,29,30)/t22-/m1/s1. The molecule has 1 N–H and O–H groups in total. The number of aromatic nitrogens is 2. The molecule has 172 valence electrons. The third-order valence-corrected chi connectivity index (χ3v) is 6.97. The van der Waals surface area contributed by atoms with Gasteiger partial charge < -0.3 is 15.1 Å². The lowest BCUT2D eigenvalue weighted by Gasteiger charge is -2.34. The van der Waals surface area contributed by atoms with E-state index in [0.29, 0.717) is 11.9 Å². The average molecular weight is 443 g/mol. The first-order chi connectivity index (χ1) is 16.2. The fourth-order valence-corrected chi connectivity index (χ4v) is 5.08. The fourth-order valence-electron chi connectivity index (χ4n) is 5.08. The van der Waals surface area contributed by atoms with Crippen LogP contribution >= 0.6 is 0 Å². The molecule has 2 saturated heterocycles. The second kappa shape index (κ2) is 9.89. The molecule has 0 radical (unpaired) electrons. The number of para-hydroxylation sites is 1. The molecule has 1 aromatic heterocycles. The van der Waals surface area contributed by atoms with E-state index < -0.39 is 0 Å². The first-order valence-corrected chi connectivity index (χ1v) is 12.1. The Hall–Kier alpha value is -2.96. The predicted octanol–water partition coefficient (Wildman–Crippen LogP) is 4.49. The van der Waals surface area contributed by atoms with E-state index in [4.69, 9.17) is 4.98 Å². The topological polar surface area (TPSA) is 47.5 Å². The monoisotopic (exact) mass is 442 g/mol. The van der Waals surface area contributed by atoms with Gasteiger partial charge >= 0.3 is 0 Å². The number of nitrogens with zero attached hydrogens (tertiary/aromatic N) is 5. The highest BCUT2D eigenvalue weighted by atomic mass is 15.2. The summed E-state index contributed by atoms with van der Waals surface area (Å²) in [6.45, 7) is 11.4. The number of nitrogens with one attached hydrogen (secondary N) is 1. The van der Waals surface area contributed by atoms with Crippen LogP contribution in [0.15, 0.2) is 61.3 Å². The van der Waals surface area contributed by atoms with E-state index in [1.54, 1.807) is 0 Å². The van der Waals surface area contributed by atoms with E-state index in [-0.39, 0.29) is 0 Å². The van der Waals surface area contributed by atoms with Crippen molar-refractivity contribution in [1.82, 2.24) is 19.8 Å². The van der Waals surface area contributed by atoms with Crippen LogP contribution in [0.2, 0.25) is 0 Å². The maximum absolute atomic E-state index is 4.96. The van der Waals surface area contributed by atoms with Gasteiger partial charge in [0.2, 0.25) is 5.95 Å². The number of hydrogen-bond acceptors (Lipinski definition) is 6. The van der Waals surface area contributed by atoms with Crippen molar-refractivity contribution in [2.45, 2.75) is 18.8 Å². The zero-order valence-corrected chi connectivity index (χ0v) is 19.6. The number of rotatable bonds is 6. The Kier molecular flexibility index (Phi) is 6.55. The molecule has 2 aliphatic heterocycles. The molecule has 6 nitrogen and oxygen atoms in total. The van der Waals surface area contributed by atoms with Crippen LogP contribution in [0.5, 0.6) is 0 Å². The molecule has 0 aliphatic carbocycles. The minimum atomic E-state index is 0.494. The van der Waals surface area contributed by atoms with Gasteiger partial charge in [-0.15, -0.1) is 6.58 Å². The largest absolute Gasteiger partial charge is 0.369 e. The van der Waals surface area contributed by atoms with Crippen LogP contribution in [-0.4, -0.2) is 72.6 Å². The minimum absolute atomic E-state index is 0.494. The number of benzene rings is 2. The summed E-state index contributed by atoms with van der Waals surface area (Å²) in [4.78, 5) is 16.9. The first-order valence-electron chi connectivity index (χ1n) is 12.1. The molecule has 0 saturated carbocycles. The summed E-state index contributed by atoms with van der Waals surface area (Å²) in [5.74, 6) is 1.15. The van der Waals surface area contributed by atoms with E-state index in [9.17, 15) is 0 Å². The molecule has 0 spiro atoms. The first kappa shape index (κ1) is 21.9. The van der Waals surface area contributed by atoms with Gasteiger partial charge in [-0.3, -0.25) is 4.90 Å². The number of anilines is 3. The van der Waals surface area contributed by atoms with Crippen LogP contribution in [0.4, 0.5) is 17.3 Å². The smallest absolute Gasteiger partial charge is 0.227 e. The molecule has 2 aliphatic rings. The molecule has 3 heterocycles. The molecule has 6 heteroatoms. The number of hydrogen-bond donors (Lipinski definition) is 1. The van der Waals surface area contributed by atoms with Gasteiger partial charge in [0.15, 0.2) is 0 Å². The Morgan fingerprint density at radius 3 is 2.67 bits per heavy atom. The van der Waals surface area contributed by atoms with Crippen LogP contribution in [0.3, 0.4) is 0 Å². The van der Waals surface area contributed by atoms with Crippen LogP contribution in [-0.2, 0) is 0 Å². The highest BCUT2D eigenvalue weighted by Gasteiger charge is 2.23. The summed E-state index contributed by atoms with van der Waals surface area (Å²) in [6, 6.07) is 15.1. The number of fused-ring (bicyclic) bond motifs is 1. The van der Waals surface area contributed by atoms with Gasteiger partial charge in [-0.2, -0.15) is 0 Å². The average Bonchev–Trinajstić information content (AvgIpc) is 2.85. The minimum Gasteiger partial charge on any atom is -0.369 e. The molecule has 3 aromatic rings. The van der Waals surface area contributed by atoms with E-state index in [1.807, 2.05) is 12.3 Å². The third kappa shape index (κ3) is 5.02. The summed E-state index contributed by atoms with van der Waals surface area (Å²) >= 11 is 0. The predicted molar refractivity (Wildman–Crippen MR) is 138 cm³/mol. The SMILES string of the molecule is C=CCN1CCC[C@@H](c2cccc3cnc(Nc4ccc(N5CCN(C)CC5)cc4)nc23)C1. The van der Waals surface area contributed by atoms with Gasteiger partial charge in [0.05, 0.1) is 5.52 Å². The molecule has 1 atom stereocenters. The normalized spacial score (nSPS) is 20.2. The number of piperidine rings is 1. The number of piperazine rings is 1. The summed E-state index contributed by atoms with van der Waals surface area (Å²) in [5, 5.41) is 4.52. The van der Waals surface area contributed by atoms with Crippen molar-refractivity contribution >= 4 is 28.2 Å². The van der Waals surface area contributed by atoms with E-state index >= 15 is 0 Å². The zero-order chi connectivity index (χ0) is 22.6. The van der Waals surface area contributed by atoms with Gasteiger partial charge in [-0.1, -0.05) is 24.3 Å². The summed E-state index contributed by atoms with van der Waals surface area (Å²) in [5.41, 5.74) is 4.68. The Morgan fingerprint density at radius 2 is 1.88 bits per heavy atom. The molecule has 5 rings (SSSR count). The quantitative estimate of drug-likeness (QED) is 0.568. The molecule has 0 bridgehead atoms. The van der Waals surface area contributed by atoms with E-state index in [2.05, 4.69) is 81.1 Å². The molecule has 0 amide bonds. The second-order valence-corrected chi connectivity index (χ2v) is 9.33. The van der Waals surface area contributed by atoms with Gasteiger partial charge in [0.25, 0.3) is 0 Å². The Morgan fingerprint density at radius 1 is 1.06 bits per heavy atom. The zero-order valence-electron chi connectivity index (χ0n) is 19.6. The molecule has 2 aromatic carbocycles. The molecular formula is C27H34N6. The van der Waals surface area contributed by atoms with Crippen molar-refractivity contribution in [2.75, 3.05) is 63.1 Å². The summed E-state index contributed by atoms with van der Waals surface area (Å²) < 4.78 is 0. The van der Waals surface area contributed by atoms with Gasteiger partial charge in [0, 0.05) is 62.2 Å². The van der Waals surface area contributed by atoms with E-state index in [1.165, 1.54) is 24.1 Å². The van der Waals surface area contributed by atoms with Crippen LogP contribution in [0, 0.1) is 0 Å². The maximum atomic E-state index is 4.96. The number of likely N-dealkylation sites (tertiary alicyclic amines) is 1. The van der Waals surface area contributed by atoms with Gasteiger partial charge in [0.1, 0.15) is 0 Å². The third-order valence-electron chi connectivity index (χ3n) is 6.97. The highest BCUT2D eigenvalue weighted by molar-refractivity contribution is 5.83. The van der Waals surface area contributed by atoms with Crippen LogP contribution in [0.25, 0.3) is 10.9 Å². The molecule has 0 unspecified atom stereocenters. The van der Waals surface area contributed by atoms with Crippen molar-refractivity contribution < 1.29 is 0 Å². The van der Waals surface area contributed by atoms with Crippen molar-refractivity contribution in [3.63, 3.8) is 0 Å². The Balaban J connectivity index is 1.34. The lowest BCUT2D eigenvalue weighted by atomic mass is 9.89. The molecular weight excluding hydrogens is 408 g/mol.